The van der Waals surface area contributed by atoms with Crippen LogP contribution < -0.4 is 4.90 Å². The summed E-state index contributed by atoms with van der Waals surface area (Å²) >= 11 is 6.21. The average Bonchev–Trinajstić information content (AvgIpc) is 2.98. The number of ketones is 1. The molecule has 0 saturated carbocycles. The molecule has 1 aliphatic heterocycles. The summed E-state index contributed by atoms with van der Waals surface area (Å²) in [6.07, 6.45) is 0.294. The van der Waals surface area contributed by atoms with Crippen LogP contribution in [0.15, 0.2) is 72.8 Å². The van der Waals surface area contributed by atoms with E-state index in [9.17, 15) is 14.7 Å². The zero-order chi connectivity index (χ0) is 23.8. The smallest absolute Gasteiger partial charge is 0.264 e. The number of carbonyl (C=O) groups excluding carboxylic acids is 2. The van der Waals surface area contributed by atoms with Gasteiger partial charge in [-0.1, -0.05) is 87.0 Å². The van der Waals surface area contributed by atoms with E-state index in [2.05, 4.69) is 20.8 Å². The molecule has 4 rings (SSSR count). The van der Waals surface area contributed by atoms with Crippen molar-refractivity contribution in [3.05, 3.63) is 100 Å². The minimum atomic E-state index is -1.95. The number of rotatable bonds is 6. The standard InChI is InChI=1S/C28H28ClNO3/c1-27(2,3)21-11-9-20(10-12-21)25(31)18-28(33)23-17-22(29)13-14-24(23)30(26(28)32)16-15-19-7-5-4-6-8-19/h4-14,17,33H,15-16,18H2,1-3H3. The lowest BCUT2D eigenvalue weighted by Gasteiger charge is -2.23. The van der Waals surface area contributed by atoms with Crippen LogP contribution in [0.3, 0.4) is 0 Å². The fourth-order valence-corrected chi connectivity index (χ4v) is 4.46. The highest BCUT2D eigenvalue weighted by Crippen LogP contribution is 2.44. The van der Waals surface area contributed by atoms with Gasteiger partial charge >= 0.3 is 0 Å². The van der Waals surface area contributed by atoms with Gasteiger partial charge in [0.25, 0.3) is 5.91 Å². The van der Waals surface area contributed by atoms with E-state index in [0.29, 0.717) is 34.8 Å². The topological polar surface area (TPSA) is 57.6 Å². The third-order valence-corrected chi connectivity index (χ3v) is 6.49. The number of halogens is 1. The maximum absolute atomic E-state index is 13.4. The van der Waals surface area contributed by atoms with Gasteiger partial charge in [0.15, 0.2) is 11.4 Å². The summed E-state index contributed by atoms with van der Waals surface area (Å²) in [4.78, 5) is 28.1. The third kappa shape index (κ3) is 4.59. The molecular formula is C28H28ClNO3. The molecule has 0 bridgehead atoms. The van der Waals surface area contributed by atoms with Gasteiger partial charge < -0.3 is 10.0 Å². The zero-order valence-electron chi connectivity index (χ0n) is 19.1. The highest BCUT2D eigenvalue weighted by molar-refractivity contribution is 6.31. The molecule has 0 saturated heterocycles. The Morgan fingerprint density at radius 2 is 1.67 bits per heavy atom. The molecule has 170 valence electrons. The molecule has 5 heteroatoms. The van der Waals surface area contributed by atoms with Crippen LogP contribution in [0.2, 0.25) is 5.02 Å². The fraction of sp³-hybridized carbons (Fsp3) is 0.286. The SMILES string of the molecule is CC(C)(C)c1ccc(C(=O)CC2(O)C(=O)N(CCc3ccccc3)c3ccc(Cl)cc32)cc1. The fourth-order valence-electron chi connectivity index (χ4n) is 4.29. The van der Waals surface area contributed by atoms with E-state index in [1.807, 2.05) is 42.5 Å². The normalized spacial score (nSPS) is 17.8. The van der Waals surface area contributed by atoms with Gasteiger partial charge in [-0.15, -0.1) is 0 Å². The first-order valence-corrected chi connectivity index (χ1v) is 11.5. The molecule has 33 heavy (non-hydrogen) atoms. The van der Waals surface area contributed by atoms with Crippen molar-refractivity contribution in [2.75, 3.05) is 11.4 Å². The molecule has 1 aliphatic rings. The first-order chi connectivity index (χ1) is 15.6. The number of nitrogens with zero attached hydrogens (tertiary/aromatic N) is 1. The van der Waals surface area contributed by atoms with Gasteiger partial charge in [-0.3, -0.25) is 9.59 Å². The molecule has 4 nitrogen and oxygen atoms in total. The molecule has 0 aliphatic carbocycles. The van der Waals surface area contributed by atoms with E-state index in [-0.39, 0.29) is 17.6 Å². The Morgan fingerprint density at radius 1 is 1.00 bits per heavy atom. The largest absolute Gasteiger partial charge is 0.375 e. The molecule has 1 unspecified atom stereocenters. The first kappa shape index (κ1) is 23.2. The quantitative estimate of drug-likeness (QED) is 0.480. The summed E-state index contributed by atoms with van der Waals surface area (Å²) in [7, 11) is 0. The Morgan fingerprint density at radius 3 is 2.30 bits per heavy atom. The van der Waals surface area contributed by atoms with Crippen molar-refractivity contribution in [2.24, 2.45) is 0 Å². The molecule has 0 fully saturated rings. The summed E-state index contributed by atoms with van der Waals surface area (Å²) in [5.74, 6) is -0.780. The van der Waals surface area contributed by atoms with Gasteiger partial charge in [0, 0.05) is 22.7 Å². The molecule has 1 atom stereocenters. The monoisotopic (exact) mass is 461 g/mol. The van der Waals surface area contributed by atoms with Gasteiger partial charge in [0.05, 0.1) is 12.1 Å². The Kier molecular flexibility index (Phi) is 6.17. The van der Waals surface area contributed by atoms with Crippen molar-refractivity contribution in [1.29, 1.82) is 0 Å². The Labute approximate surface area is 199 Å². The maximum Gasteiger partial charge on any atom is 0.264 e. The molecule has 3 aromatic carbocycles. The molecule has 3 aromatic rings. The van der Waals surface area contributed by atoms with E-state index >= 15 is 0 Å². The van der Waals surface area contributed by atoms with Gasteiger partial charge in [0.1, 0.15) is 0 Å². The van der Waals surface area contributed by atoms with Crippen LogP contribution in [0.1, 0.15) is 54.2 Å². The Hall–Kier alpha value is -2.95. The van der Waals surface area contributed by atoms with Gasteiger partial charge in [-0.25, -0.2) is 0 Å². The molecular weight excluding hydrogens is 434 g/mol. The summed E-state index contributed by atoms with van der Waals surface area (Å²) in [6, 6.07) is 22.2. The number of anilines is 1. The second-order valence-electron chi connectivity index (χ2n) is 9.64. The van der Waals surface area contributed by atoms with Crippen molar-refractivity contribution in [1.82, 2.24) is 0 Å². The van der Waals surface area contributed by atoms with Gasteiger partial charge in [0.2, 0.25) is 0 Å². The van der Waals surface area contributed by atoms with Crippen LogP contribution in [-0.2, 0) is 22.2 Å². The van der Waals surface area contributed by atoms with Crippen LogP contribution >= 0.6 is 11.6 Å². The minimum Gasteiger partial charge on any atom is -0.375 e. The highest BCUT2D eigenvalue weighted by Gasteiger charge is 2.50. The molecule has 1 N–H and O–H groups in total. The van der Waals surface area contributed by atoms with Crippen molar-refractivity contribution < 1.29 is 14.7 Å². The third-order valence-electron chi connectivity index (χ3n) is 6.25. The average molecular weight is 462 g/mol. The summed E-state index contributed by atoms with van der Waals surface area (Å²) in [5, 5.41) is 12.0. The maximum atomic E-state index is 13.4. The molecule has 0 aromatic heterocycles. The zero-order valence-corrected chi connectivity index (χ0v) is 19.9. The lowest BCUT2D eigenvalue weighted by atomic mass is 9.85. The predicted octanol–water partition coefficient (Wildman–Crippen LogP) is 5.69. The van der Waals surface area contributed by atoms with E-state index in [4.69, 9.17) is 11.6 Å². The molecule has 0 spiro atoms. The first-order valence-electron chi connectivity index (χ1n) is 11.1. The molecule has 1 heterocycles. The number of amides is 1. The highest BCUT2D eigenvalue weighted by atomic mass is 35.5. The summed E-state index contributed by atoms with van der Waals surface area (Å²) in [5.41, 5.74) is 1.67. The van der Waals surface area contributed by atoms with Crippen molar-refractivity contribution in [3.63, 3.8) is 0 Å². The van der Waals surface area contributed by atoms with E-state index < -0.39 is 11.5 Å². The lowest BCUT2D eigenvalue weighted by molar-refractivity contribution is -0.135. The number of fused-ring (bicyclic) bond motifs is 1. The van der Waals surface area contributed by atoms with E-state index in [1.54, 1.807) is 35.2 Å². The summed E-state index contributed by atoms with van der Waals surface area (Å²) < 4.78 is 0. The van der Waals surface area contributed by atoms with Crippen LogP contribution in [0.25, 0.3) is 0 Å². The minimum absolute atomic E-state index is 0.0316. The molecule has 1 amide bonds. The van der Waals surface area contributed by atoms with Crippen LogP contribution in [0.5, 0.6) is 0 Å². The Balaban J connectivity index is 1.61. The number of hydrogen-bond donors (Lipinski definition) is 1. The Bertz CT molecular complexity index is 1180. The number of hydrogen-bond acceptors (Lipinski definition) is 3. The number of carbonyl (C=O) groups is 2. The van der Waals surface area contributed by atoms with Crippen LogP contribution in [0.4, 0.5) is 5.69 Å². The molecule has 0 radical (unpaired) electrons. The number of benzene rings is 3. The second kappa shape index (κ2) is 8.77. The summed E-state index contributed by atoms with van der Waals surface area (Å²) in [6.45, 7) is 6.71. The lowest BCUT2D eigenvalue weighted by Crippen LogP contribution is -2.42. The number of Topliss-reactive ketones (excluding diaryl/α,β-unsaturated/α-hetero) is 1. The van der Waals surface area contributed by atoms with Gasteiger partial charge in [-0.2, -0.15) is 0 Å². The van der Waals surface area contributed by atoms with Crippen molar-refractivity contribution in [3.8, 4) is 0 Å². The van der Waals surface area contributed by atoms with Crippen molar-refractivity contribution in [2.45, 2.75) is 44.6 Å². The number of aliphatic hydroxyl groups is 1. The second-order valence-corrected chi connectivity index (χ2v) is 10.1. The van der Waals surface area contributed by atoms with Crippen LogP contribution in [-0.4, -0.2) is 23.3 Å². The van der Waals surface area contributed by atoms with E-state index in [0.717, 1.165) is 11.1 Å². The van der Waals surface area contributed by atoms with Crippen molar-refractivity contribution >= 4 is 29.0 Å². The van der Waals surface area contributed by atoms with E-state index in [1.165, 1.54) is 0 Å². The van der Waals surface area contributed by atoms with Gasteiger partial charge in [-0.05, 0) is 41.2 Å². The van der Waals surface area contributed by atoms with Crippen LogP contribution in [0, 0.1) is 0 Å². The predicted molar refractivity (Wildman–Crippen MR) is 132 cm³/mol.